The fourth-order valence-corrected chi connectivity index (χ4v) is 2.53. The van der Waals surface area contributed by atoms with Gasteiger partial charge in [0, 0.05) is 5.56 Å². The van der Waals surface area contributed by atoms with Crippen LogP contribution in [0.2, 0.25) is 0 Å². The van der Waals surface area contributed by atoms with E-state index in [0.29, 0.717) is 16.0 Å². The van der Waals surface area contributed by atoms with E-state index in [0.717, 1.165) is 11.8 Å². The zero-order valence-corrected chi connectivity index (χ0v) is 12.6. The van der Waals surface area contributed by atoms with Crippen LogP contribution in [0.1, 0.15) is 11.7 Å². The molecule has 3 aromatic rings. The van der Waals surface area contributed by atoms with Crippen LogP contribution in [0.15, 0.2) is 40.0 Å². The number of nitrogens with zero attached hydrogens (tertiary/aromatic N) is 4. The van der Waals surface area contributed by atoms with Gasteiger partial charge in [0.25, 0.3) is 5.82 Å². The van der Waals surface area contributed by atoms with Crippen molar-refractivity contribution in [3.63, 3.8) is 0 Å². The molecule has 0 atom stereocenters. The van der Waals surface area contributed by atoms with Gasteiger partial charge in [-0.25, -0.2) is 14.1 Å². The highest BCUT2D eigenvalue weighted by atomic mass is 32.2. The molecule has 1 aromatic carbocycles. The van der Waals surface area contributed by atoms with Crippen molar-refractivity contribution in [2.24, 2.45) is 0 Å². The molecule has 0 bridgehead atoms. The summed E-state index contributed by atoms with van der Waals surface area (Å²) in [4.78, 5) is 4.01. The molecule has 2 aromatic heterocycles. The Morgan fingerprint density at radius 3 is 2.50 bits per heavy atom. The Hall–Kier alpha value is -2.56. The van der Waals surface area contributed by atoms with Crippen molar-refractivity contribution in [1.82, 2.24) is 19.9 Å². The molecule has 6 nitrogen and oxygen atoms in total. The summed E-state index contributed by atoms with van der Waals surface area (Å²) >= 11 is 0.896. The zero-order valence-electron chi connectivity index (χ0n) is 11.8. The molecule has 3 rings (SSSR count). The summed E-state index contributed by atoms with van der Waals surface area (Å²) in [7, 11) is 0. The molecule has 2 N–H and O–H groups in total. The van der Waals surface area contributed by atoms with E-state index >= 15 is 0 Å². The maximum Gasteiger partial charge on any atom is 0.453 e. The smallest absolute Gasteiger partial charge is 0.440 e. The molecule has 126 valence electrons. The fourth-order valence-electron chi connectivity index (χ4n) is 1.82. The number of oxazole rings is 1. The summed E-state index contributed by atoms with van der Waals surface area (Å²) in [6.07, 6.45) is -3.24. The van der Waals surface area contributed by atoms with Crippen molar-refractivity contribution >= 4 is 11.8 Å². The van der Waals surface area contributed by atoms with Gasteiger partial charge in [-0.05, 0) is 24.3 Å². The lowest BCUT2D eigenvalue weighted by Gasteiger charge is -2.05. The van der Waals surface area contributed by atoms with E-state index < -0.39 is 12.0 Å². The van der Waals surface area contributed by atoms with Crippen LogP contribution in [0.25, 0.3) is 11.3 Å². The quantitative estimate of drug-likeness (QED) is 0.438. The molecular formula is C13H9F4N5OS. The Morgan fingerprint density at radius 1 is 1.17 bits per heavy atom. The van der Waals surface area contributed by atoms with E-state index in [1.807, 2.05) is 0 Å². The van der Waals surface area contributed by atoms with E-state index in [9.17, 15) is 17.6 Å². The molecule has 0 aliphatic carbocycles. The summed E-state index contributed by atoms with van der Waals surface area (Å²) in [5, 5.41) is 6.29. The molecule has 0 unspecified atom stereocenters. The maximum atomic E-state index is 12.9. The predicted molar refractivity (Wildman–Crippen MR) is 76.6 cm³/mol. The van der Waals surface area contributed by atoms with E-state index in [2.05, 4.69) is 15.2 Å². The van der Waals surface area contributed by atoms with Gasteiger partial charge in [0.05, 0.1) is 11.9 Å². The highest BCUT2D eigenvalue weighted by Gasteiger charge is 2.38. The van der Waals surface area contributed by atoms with Crippen molar-refractivity contribution in [2.75, 3.05) is 5.84 Å². The molecule has 0 aliphatic rings. The Labute approximate surface area is 136 Å². The van der Waals surface area contributed by atoms with Gasteiger partial charge in [-0.1, -0.05) is 11.8 Å². The van der Waals surface area contributed by atoms with Crippen molar-refractivity contribution in [2.45, 2.75) is 17.1 Å². The molecule has 0 saturated heterocycles. The number of nitrogens with two attached hydrogens (primary N) is 1. The summed E-state index contributed by atoms with van der Waals surface area (Å²) < 4.78 is 56.4. The molecule has 0 saturated carbocycles. The fraction of sp³-hybridized carbons (Fsp3) is 0.154. The van der Waals surface area contributed by atoms with E-state index in [4.69, 9.17) is 10.3 Å². The highest BCUT2D eigenvalue weighted by Crippen LogP contribution is 2.30. The predicted octanol–water partition coefficient (Wildman–Crippen LogP) is 3.10. The Kier molecular flexibility index (Phi) is 4.18. The highest BCUT2D eigenvalue weighted by molar-refractivity contribution is 7.98. The molecule has 0 aliphatic heterocycles. The van der Waals surface area contributed by atoms with Gasteiger partial charge >= 0.3 is 6.18 Å². The summed E-state index contributed by atoms with van der Waals surface area (Å²) in [5.74, 6) is 4.44. The molecule has 0 spiro atoms. The minimum atomic E-state index is -4.68. The minimum Gasteiger partial charge on any atom is -0.440 e. The maximum absolute atomic E-state index is 12.9. The number of aromatic nitrogens is 4. The SMILES string of the molecule is Nn1c(SCc2ncc(-c3ccc(F)cc3)o2)nnc1C(F)(F)F. The topological polar surface area (TPSA) is 82.8 Å². The molecule has 24 heavy (non-hydrogen) atoms. The van der Waals surface area contributed by atoms with Crippen LogP contribution in [0.5, 0.6) is 0 Å². The van der Waals surface area contributed by atoms with Crippen molar-refractivity contribution in [3.8, 4) is 11.3 Å². The van der Waals surface area contributed by atoms with Crippen LogP contribution in [0.3, 0.4) is 0 Å². The summed E-state index contributed by atoms with van der Waals surface area (Å²) in [5.41, 5.74) is 0.626. The van der Waals surface area contributed by atoms with Gasteiger partial charge in [-0.2, -0.15) is 13.2 Å². The lowest BCUT2D eigenvalue weighted by molar-refractivity contribution is -0.146. The van der Waals surface area contributed by atoms with E-state index in [-0.39, 0.29) is 22.6 Å². The number of thioether (sulfide) groups is 1. The Bertz CT molecular complexity index is 843. The van der Waals surface area contributed by atoms with Crippen molar-refractivity contribution < 1.29 is 22.0 Å². The molecule has 0 fully saturated rings. The second-order valence-electron chi connectivity index (χ2n) is 4.59. The van der Waals surface area contributed by atoms with Crippen molar-refractivity contribution in [3.05, 3.63) is 48.0 Å². The van der Waals surface area contributed by atoms with Gasteiger partial charge in [0.1, 0.15) is 5.82 Å². The van der Waals surface area contributed by atoms with Crippen LogP contribution < -0.4 is 5.84 Å². The summed E-state index contributed by atoms with van der Waals surface area (Å²) in [6, 6.07) is 5.61. The monoisotopic (exact) mass is 359 g/mol. The minimum absolute atomic E-state index is 0.106. The van der Waals surface area contributed by atoms with Gasteiger partial charge in [0.2, 0.25) is 11.0 Å². The van der Waals surface area contributed by atoms with Gasteiger partial charge < -0.3 is 10.3 Å². The third kappa shape index (κ3) is 3.35. The average Bonchev–Trinajstić information content (AvgIpc) is 3.12. The normalized spacial score (nSPS) is 11.8. The van der Waals surface area contributed by atoms with Crippen LogP contribution >= 0.6 is 11.8 Å². The Balaban J connectivity index is 1.70. The molecule has 11 heteroatoms. The molecule has 0 radical (unpaired) electrons. The third-order valence-corrected chi connectivity index (χ3v) is 3.85. The Morgan fingerprint density at radius 2 is 1.88 bits per heavy atom. The van der Waals surface area contributed by atoms with Crippen LogP contribution in [-0.4, -0.2) is 19.9 Å². The van der Waals surface area contributed by atoms with E-state index in [1.165, 1.54) is 30.5 Å². The van der Waals surface area contributed by atoms with Crippen LogP contribution in [0.4, 0.5) is 17.6 Å². The average molecular weight is 359 g/mol. The van der Waals surface area contributed by atoms with Gasteiger partial charge in [-0.15, -0.1) is 10.2 Å². The van der Waals surface area contributed by atoms with Crippen molar-refractivity contribution in [1.29, 1.82) is 0 Å². The van der Waals surface area contributed by atoms with E-state index in [1.54, 1.807) is 0 Å². The largest absolute Gasteiger partial charge is 0.453 e. The standard InChI is InChI=1S/C13H9F4N5OS/c14-8-3-1-7(2-4-8)9-5-19-10(23-9)6-24-12-21-20-11(22(12)18)13(15,16)17/h1-5H,6,18H2. The molecule has 0 amide bonds. The van der Waals surface area contributed by atoms with Crippen LogP contribution in [-0.2, 0) is 11.9 Å². The van der Waals surface area contributed by atoms with Gasteiger partial charge in [-0.3, -0.25) is 0 Å². The second-order valence-corrected chi connectivity index (χ2v) is 5.53. The number of benzene rings is 1. The first-order valence-electron chi connectivity index (χ1n) is 6.46. The first-order valence-corrected chi connectivity index (χ1v) is 7.44. The first kappa shape index (κ1) is 16.3. The lowest BCUT2D eigenvalue weighted by Crippen LogP contribution is -2.21. The number of nitrogen functional groups attached to an aromatic ring is 1. The number of halogens is 4. The number of hydrogen-bond donors (Lipinski definition) is 1. The zero-order chi connectivity index (χ0) is 17.3. The lowest BCUT2D eigenvalue weighted by atomic mass is 10.2. The second kappa shape index (κ2) is 6.15. The molecule has 2 heterocycles. The van der Waals surface area contributed by atoms with Gasteiger partial charge in [0.15, 0.2) is 5.76 Å². The number of alkyl halides is 3. The first-order chi connectivity index (χ1) is 11.3. The summed E-state index contributed by atoms with van der Waals surface area (Å²) in [6.45, 7) is 0. The third-order valence-electron chi connectivity index (χ3n) is 2.93. The van der Waals surface area contributed by atoms with Crippen LogP contribution in [0, 0.1) is 5.82 Å². The molecular weight excluding hydrogens is 350 g/mol. The number of rotatable bonds is 4. The number of hydrogen-bond acceptors (Lipinski definition) is 6.